The van der Waals surface area contributed by atoms with Gasteiger partial charge in [0.1, 0.15) is 5.82 Å². The van der Waals surface area contributed by atoms with Crippen molar-refractivity contribution < 1.29 is 13.6 Å². The van der Waals surface area contributed by atoms with Gasteiger partial charge in [-0.05, 0) is 26.8 Å². The standard InChI is InChI=1S/C12H17F2N3O/c1-12(2,3)17-10(18)6-16-9-5-7(13)4-8(14)11(9)15/h4-5,16H,6,15H2,1-3H3,(H,17,18). The first-order valence-electron chi connectivity index (χ1n) is 5.48. The van der Waals surface area contributed by atoms with E-state index in [-0.39, 0.29) is 29.4 Å². The topological polar surface area (TPSA) is 67.2 Å². The number of nitrogen functional groups attached to an aromatic ring is 1. The quantitative estimate of drug-likeness (QED) is 0.724. The summed E-state index contributed by atoms with van der Waals surface area (Å²) in [4.78, 5) is 11.5. The summed E-state index contributed by atoms with van der Waals surface area (Å²) in [6.45, 7) is 5.40. The van der Waals surface area contributed by atoms with E-state index in [4.69, 9.17) is 5.73 Å². The van der Waals surface area contributed by atoms with E-state index in [0.717, 1.165) is 6.07 Å². The van der Waals surface area contributed by atoms with E-state index < -0.39 is 11.6 Å². The molecule has 1 aromatic rings. The summed E-state index contributed by atoms with van der Waals surface area (Å²) in [5, 5.41) is 5.31. The van der Waals surface area contributed by atoms with Crippen molar-refractivity contribution >= 4 is 17.3 Å². The summed E-state index contributed by atoms with van der Waals surface area (Å²) < 4.78 is 26.1. The van der Waals surface area contributed by atoms with Crippen molar-refractivity contribution in [3.05, 3.63) is 23.8 Å². The van der Waals surface area contributed by atoms with Gasteiger partial charge in [0.15, 0.2) is 5.82 Å². The average Bonchev–Trinajstić information content (AvgIpc) is 2.18. The van der Waals surface area contributed by atoms with Crippen LogP contribution in [0.4, 0.5) is 20.2 Å². The lowest BCUT2D eigenvalue weighted by Gasteiger charge is -2.21. The van der Waals surface area contributed by atoms with Crippen LogP contribution in [0.15, 0.2) is 12.1 Å². The molecule has 0 unspecified atom stereocenters. The van der Waals surface area contributed by atoms with Gasteiger partial charge in [-0.3, -0.25) is 4.79 Å². The van der Waals surface area contributed by atoms with Gasteiger partial charge in [0, 0.05) is 11.6 Å². The highest BCUT2D eigenvalue weighted by molar-refractivity contribution is 5.82. The Morgan fingerprint density at radius 3 is 2.50 bits per heavy atom. The van der Waals surface area contributed by atoms with Crippen molar-refractivity contribution in [3.63, 3.8) is 0 Å². The van der Waals surface area contributed by atoms with Gasteiger partial charge in [-0.1, -0.05) is 0 Å². The van der Waals surface area contributed by atoms with Crippen molar-refractivity contribution in [2.45, 2.75) is 26.3 Å². The van der Waals surface area contributed by atoms with Gasteiger partial charge in [0.25, 0.3) is 0 Å². The minimum Gasteiger partial charge on any atom is -0.395 e. The van der Waals surface area contributed by atoms with Crippen LogP contribution in [0.1, 0.15) is 20.8 Å². The SMILES string of the molecule is CC(C)(C)NC(=O)CNc1cc(F)cc(F)c1N. The third-order valence-corrected chi connectivity index (χ3v) is 2.05. The molecule has 0 aliphatic heterocycles. The molecule has 0 aromatic heterocycles. The second kappa shape index (κ2) is 5.20. The molecule has 0 radical (unpaired) electrons. The molecule has 0 saturated carbocycles. The van der Waals surface area contributed by atoms with E-state index in [9.17, 15) is 13.6 Å². The van der Waals surface area contributed by atoms with Crippen LogP contribution in [0, 0.1) is 11.6 Å². The number of nitrogens with two attached hydrogens (primary N) is 1. The third kappa shape index (κ3) is 4.20. The van der Waals surface area contributed by atoms with Gasteiger partial charge in [0.2, 0.25) is 5.91 Å². The predicted molar refractivity (Wildman–Crippen MR) is 67.2 cm³/mol. The fourth-order valence-corrected chi connectivity index (χ4v) is 1.37. The van der Waals surface area contributed by atoms with E-state index in [1.165, 1.54) is 0 Å². The van der Waals surface area contributed by atoms with Crippen LogP contribution >= 0.6 is 0 Å². The molecule has 6 heteroatoms. The molecular weight excluding hydrogens is 240 g/mol. The number of carbonyl (C=O) groups excluding carboxylic acids is 1. The molecule has 0 bridgehead atoms. The van der Waals surface area contributed by atoms with E-state index in [0.29, 0.717) is 6.07 Å². The number of anilines is 2. The van der Waals surface area contributed by atoms with Gasteiger partial charge in [-0.15, -0.1) is 0 Å². The molecule has 0 fully saturated rings. The van der Waals surface area contributed by atoms with Crippen LogP contribution in [-0.2, 0) is 4.79 Å². The van der Waals surface area contributed by atoms with Crippen molar-refractivity contribution in [1.82, 2.24) is 5.32 Å². The first-order valence-corrected chi connectivity index (χ1v) is 5.48. The van der Waals surface area contributed by atoms with Crippen LogP contribution < -0.4 is 16.4 Å². The molecule has 0 saturated heterocycles. The fraction of sp³-hybridized carbons (Fsp3) is 0.417. The second-order valence-electron chi connectivity index (χ2n) is 5.00. The molecule has 18 heavy (non-hydrogen) atoms. The number of halogens is 2. The first kappa shape index (κ1) is 14.2. The smallest absolute Gasteiger partial charge is 0.239 e. The molecule has 0 heterocycles. The van der Waals surface area contributed by atoms with E-state index >= 15 is 0 Å². The molecule has 0 atom stereocenters. The zero-order valence-electron chi connectivity index (χ0n) is 10.6. The highest BCUT2D eigenvalue weighted by atomic mass is 19.1. The molecule has 1 amide bonds. The molecule has 0 aliphatic carbocycles. The summed E-state index contributed by atoms with van der Waals surface area (Å²) >= 11 is 0. The van der Waals surface area contributed by atoms with Crippen molar-refractivity contribution in [2.24, 2.45) is 0 Å². The van der Waals surface area contributed by atoms with Crippen LogP contribution in [0.25, 0.3) is 0 Å². The minimum atomic E-state index is -0.853. The van der Waals surface area contributed by atoms with E-state index in [1.54, 1.807) is 0 Å². The Kier molecular flexibility index (Phi) is 4.11. The molecule has 4 N–H and O–H groups in total. The predicted octanol–water partition coefficient (Wildman–Crippen LogP) is 1.87. The third-order valence-electron chi connectivity index (χ3n) is 2.05. The van der Waals surface area contributed by atoms with Crippen molar-refractivity contribution in [2.75, 3.05) is 17.6 Å². The molecule has 1 aromatic carbocycles. The summed E-state index contributed by atoms with van der Waals surface area (Å²) in [6.07, 6.45) is 0. The summed E-state index contributed by atoms with van der Waals surface area (Å²) in [6, 6.07) is 1.73. The first-order chi connectivity index (χ1) is 8.19. The number of amides is 1. The summed E-state index contributed by atoms with van der Waals surface area (Å²) in [7, 11) is 0. The monoisotopic (exact) mass is 257 g/mol. The number of carbonyl (C=O) groups is 1. The van der Waals surface area contributed by atoms with Gasteiger partial charge in [0.05, 0.1) is 17.9 Å². The number of benzene rings is 1. The van der Waals surface area contributed by atoms with Crippen LogP contribution in [0.2, 0.25) is 0 Å². The van der Waals surface area contributed by atoms with Gasteiger partial charge in [-0.25, -0.2) is 8.78 Å². The highest BCUT2D eigenvalue weighted by Gasteiger charge is 2.14. The lowest BCUT2D eigenvalue weighted by molar-refractivity contribution is -0.120. The van der Waals surface area contributed by atoms with Crippen molar-refractivity contribution in [1.29, 1.82) is 0 Å². The maximum absolute atomic E-state index is 13.1. The van der Waals surface area contributed by atoms with Crippen LogP contribution in [-0.4, -0.2) is 18.0 Å². The Balaban J connectivity index is 2.67. The number of hydrogen-bond donors (Lipinski definition) is 3. The zero-order chi connectivity index (χ0) is 13.9. The zero-order valence-corrected chi connectivity index (χ0v) is 10.6. The molecule has 0 spiro atoms. The summed E-state index contributed by atoms with van der Waals surface area (Å²) in [5.74, 6) is -1.89. The highest BCUT2D eigenvalue weighted by Crippen LogP contribution is 2.22. The molecule has 1 rings (SSSR count). The lowest BCUT2D eigenvalue weighted by atomic mass is 10.1. The van der Waals surface area contributed by atoms with Gasteiger partial charge >= 0.3 is 0 Å². The van der Waals surface area contributed by atoms with Crippen LogP contribution in [0.3, 0.4) is 0 Å². The van der Waals surface area contributed by atoms with E-state index in [1.807, 2.05) is 20.8 Å². The van der Waals surface area contributed by atoms with E-state index in [2.05, 4.69) is 10.6 Å². The Hall–Kier alpha value is -1.85. The second-order valence-corrected chi connectivity index (χ2v) is 5.00. The number of nitrogens with one attached hydrogen (secondary N) is 2. The van der Waals surface area contributed by atoms with Crippen molar-refractivity contribution in [3.8, 4) is 0 Å². The maximum Gasteiger partial charge on any atom is 0.239 e. The van der Waals surface area contributed by atoms with Gasteiger partial charge in [-0.2, -0.15) is 0 Å². The average molecular weight is 257 g/mol. The lowest BCUT2D eigenvalue weighted by Crippen LogP contribution is -2.43. The largest absolute Gasteiger partial charge is 0.395 e. The Bertz CT molecular complexity index is 455. The fourth-order valence-electron chi connectivity index (χ4n) is 1.37. The molecule has 4 nitrogen and oxygen atoms in total. The molecule has 100 valence electrons. The Morgan fingerprint density at radius 1 is 1.33 bits per heavy atom. The Morgan fingerprint density at radius 2 is 1.94 bits per heavy atom. The van der Waals surface area contributed by atoms with Crippen LogP contribution in [0.5, 0.6) is 0 Å². The number of rotatable bonds is 3. The minimum absolute atomic E-state index is 0.0663. The maximum atomic E-state index is 13.1. The van der Waals surface area contributed by atoms with Gasteiger partial charge < -0.3 is 16.4 Å². The molecule has 0 aliphatic rings. The summed E-state index contributed by atoms with van der Waals surface area (Å²) in [5.41, 5.74) is 4.92. The normalized spacial score (nSPS) is 11.2. The Labute approximate surface area is 105 Å². The number of hydrogen-bond acceptors (Lipinski definition) is 3. The molecular formula is C12H17F2N3O.